The highest BCUT2D eigenvalue weighted by atomic mass is 127. The highest BCUT2D eigenvalue weighted by Gasteiger charge is 2.13. The first kappa shape index (κ1) is 19.2. The first-order valence-corrected chi connectivity index (χ1v) is 6.95. The number of halogens is 1. The van der Waals surface area contributed by atoms with Crippen LogP contribution in [0, 0.1) is 0 Å². The fourth-order valence-electron chi connectivity index (χ4n) is 1.68. The number of rotatable bonds is 5. The van der Waals surface area contributed by atoms with Crippen molar-refractivity contribution in [2.75, 3.05) is 20.6 Å². The van der Waals surface area contributed by atoms with E-state index < -0.39 is 0 Å². The van der Waals surface area contributed by atoms with Crippen molar-refractivity contribution in [1.29, 1.82) is 0 Å². The second-order valence-corrected chi connectivity index (χ2v) is 5.19. The van der Waals surface area contributed by atoms with Crippen molar-refractivity contribution in [3.05, 3.63) is 12.2 Å². The van der Waals surface area contributed by atoms with Gasteiger partial charge in [0.2, 0.25) is 5.91 Å². The Morgan fingerprint density at radius 3 is 2.50 bits per heavy atom. The predicted molar refractivity (Wildman–Crippen MR) is 94.6 cm³/mol. The van der Waals surface area contributed by atoms with E-state index in [-0.39, 0.29) is 36.4 Å². The zero-order chi connectivity index (χ0) is 14.3. The Balaban J connectivity index is 0.00000361. The van der Waals surface area contributed by atoms with Crippen LogP contribution in [0.25, 0.3) is 0 Å². The third-order valence-corrected chi connectivity index (χ3v) is 3.22. The van der Waals surface area contributed by atoms with Gasteiger partial charge in [-0.2, -0.15) is 0 Å². The van der Waals surface area contributed by atoms with Gasteiger partial charge < -0.3 is 15.5 Å². The van der Waals surface area contributed by atoms with Gasteiger partial charge in [0.1, 0.15) is 6.54 Å². The van der Waals surface area contributed by atoms with Gasteiger partial charge in [0.25, 0.3) is 0 Å². The number of amides is 1. The van der Waals surface area contributed by atoms with E-state index in [1.165, 1.54) is 0 Å². The summed E-state index contributed by atoms with van der Waals surface area (Å²) in [5.74, 6) is 0.744. The summed E-state index contributed by atoms with van der Waals surface area (Å²) < 4.78 is 0. The van der Waals surface area contributed by atoms with Crippen LogP contribution in [0.15, 0.2) is 17.1 Å². The van der Waals surface area contributed by atoms with Crippen molar-refractivity contribution >= 4 is 35.8 Å². The minimum Gasteiger partial charge on any atom is -0.354 e. The maximum absolute atomic E-state index is 11.6. The second kappa shape index (κ2) is 10.0. The summed E-state index contributed by atoms with van der Waals surface area (Å²) in [5.41, 5.74) is 0. The smallest absolute Gasteiger partial charge is 0.243 e. The van der Waals surface area contributed by atoms with E-state index in [1.807, 2.05) is 0 Å². The van der Waals surface area contributed by atoms with Crippen LogP contribution in [0.5, 0.6) is 0 Å². The highest BCUT2D eigenvalue weighted by molar-refractivity contribution is 14.0. The number of hydrogen-bond acceptors (Lipinski definition) is 2. The van der Waals surface area contributed by atoms with Crippen molar-refractivity contribution in [1.82, 2.24) is 15.5 Å². The fraction of sp³-hybridized carbons (Fsp3) is 0.714. The number of nitrogens with one attached hydrogen (secondary N) is 2. The number of aliphatic imine (C=N–C) groups is 1. The van der Waals surface area contributed by atoms with Crippen molar-refractivity contribution in [3.8, 4) is 0 Å². The third-order valence-electron chi connectivity index (χ3n) is 3.22. The molecule has 1 aliphatic carbocycles. The maximum Gasteiger partial charge on any atom is 0.243 e. The Morgan fingerprint density at radius 2 is 2.00 bits per heavy atom. The molecule has 0 saturated heterocycles. The van der Waals surface area contributed by atoms with Crippen LogP contribution >= 0.6 is 24.0 Å². The lowest BCUT2D eigenvalue weighted by atomic mass is 10.2. The van der Waals surface area contributed by atoms with Gasteiger partial charge in [0.05, 0.1) is 0 Å². The Kier molecular flexibility index (Phi) is 9.62. The zero-order valence-corrected chi connectivity index (χ0v) is 15.2. The van der Waals surface area contributed by atoms with Gasteiger partial charge >= 0.3 is 0 Å². The van der Waals surface area contributed by atoms with Crippen molar-refractivity contribution in [3.63, 3.8) is 0 Å². The fourth-order valence-corrected chi connectivity index (χ4v) is 1.68. The predicted octanol–water partition coefficient (Wildman–Crippen LogP) is 1.74. The molecule has 1 atom stereocenters. The average Bonchev–Trinajstić information content (AvgIpc) is 2.87. The second-order valence-electron chi connectivity index (χ2n) is 5.19. The molecule has 116 valence electrons. The summed E-state index contributed by atoms with van der Waals surface area (Å²) in [5, 5.41) is 6.71. The Hall–Kier alpha value is -0.790. The van der Waals surface area contributed by atoms with E-state index in [4.69, 9.17) is 0 Å². The number of carbonyl (C=O) groups excluding carboxylic acids is 1. The lowest BCUT2D eigenvalue weighted by molar-refractivity contribution is -0.127. The van der Waals surface area contributed by atoms with Crippen LogP contribution < -0.4 is 10.6 Å². The first-order chi connectivity index (χ1) is 9.02. The summed E-state index contributed by atoms with van der Waals surface area (Å²) in [6.07, 6.45) is 7.39. The molecule has 0 heterocycles. The van der Waals surface area contributed by atoms with Gasteiger partial charge in [0.15, 0.2) is 5.96 Å². The molecule has 1 aliphatic rings. The summed E-state index contributed by atoms with van der Waals surface area (Å²) in [4.78, 5) is 17.5. The molecular formula is C14H27IN4O. The minimum atomic E-state index is 0. The van der Waals surface area contributed by atoms with Crippen LogP contribution in [0.3, 0.4) is 0 Å². The van der Waals surface area contributed by atoms with Crippen molar-refractivity contribution < 1.29 is 4.79 Å². The molecule has 0 aromatic rings. The van der Waals surface area contributed by atoms with Crippen LogP contribution in [-0.4, -0.2) is 49.5 Å². The number of guanidine groups is 1. The molecular weight excluding hydrogens is 367 g/mol. The normalized spacial score (nSPS) is 16.5. The van der Waals surface area contributed by atoms with Crippen molar-refractivity contribution in [2.24, 2.45) is 4.99 Å². The molecule has 5 nitrogen and oxygen atoms in total. The molecule has 1 unspecified atom stereocenters. The molecule has 0 saturated carbocycles. The molecule has 2 N–H and O–H groups in total. The molecule has 1 amide bonds. The highest BCUT2D eigenvalue weighted by Crippen LogP contribution is 2.08. The number of hydrogen-bond donors (Lipinski definition) is 2. The van der Waals surface area contributed by atoms with E-state index in [9.17, 15) is 4.79 Å². The van der Waals surface area contributed by atoms with E-state index in [2.05, 4.69) is 41.6 Å². The summed E-state index contributed by atoms with van der Waals surface area (Å²) in [6, 6.07) is 0.736. The molecule has 0 spiro atoms. The SMILES string of the molecule is CCC(C)NC(=NCC(=O)N(C)C)NC1CC=CC1.I. The molecule has 0 aromatic heterocycles. The van der Waals surface area contributed by atoms with Gasteiger partial charge in [-0.05, 0) is 26.2 Å². The summed E-state index contributed by atoms with van der Waals surface area (Å²) in [6.45, 7) is 4.41. The standard InChI is InChI=1S/C14H26N4O.HI/c1-5-11(2)16-14(15-10-13(19)18(3)4)17-12-8-6-7-9-12;/h6-7,11-12H,5,8-10H2,1-4H3,(H2,15,16,17);1H. The van der Waals surface area contributed by atoms with Gasteiger partial charge in [-0.15, -0.1) is 24.0 Å². The number of carbonyl (C=O) groups is 1. The van der Waals surface area contributed by atoms with Crippen LogP contribution in [0.4, 0.5) is 0 Å². The van der Waals surface area contributed by atoms with Gasteiger partial charge in [-0.3, -0.25) is 4.79 Å². The first-order valence-electron chi connectivity index (χ1n) is 6.95. The van der Waals surface area contributed by atoms with E-state index in [0.29, 0.717) is 12.1 Å². The summed E-state index contributed by atoms with van der Waals surface area (Å²) >= 11 is 0. The number of likely N-dealkylation sites (N-methyl/N-ethyl adjacent to an activating group) is 1. The van der Waals surface area contributed by atoms with E-state index >= 15 is 0 Å². The lowest BCUT2D eigenvalue weighted by Crippen LogP contribution is -2.46. The zero-order valence-electron chi connectivity index (χ0n) is 12.8. The van der Waals surface area contributed by atoms with Gasteiger partial charge in [-0.25, -0.2) is 4.99 Å². The van der Waals surface area contributed by atoms with Crippen molar-refractivity contribution in [2.45, 2.75) is 45.2 Å². The monoisotopic (exact) mass is 394 g/mol. The number of nitrogens with zero attached hydrogens (tertiary/aromatic N) is 2. The quantitative estimate of drug-likeness (QED) is 0.323. The van der Waals surface area contributed by atoms with Gasteiger partial charge in [-0.1, -0.05) is 19.1 Å². The molecule has 6 heteroatoms. The molecule has 1 rings (SSSR count). The minimum absolute atomic E-state index is 0. The molecule has 0 aliphatic heterocycles. The molecule has 0 fully saturated rings. The maximum atomic E-state index is 11.6. The Bertz CT molecular complexity index is 347. The Morgan fingerprint density at radius 1 is 1.40 bits per heavy atom. The molecule has 0 aromatic carbocycles. The largest absolute Gasteiger partial charge is 0.354 e. The summed E-state index contributed by atoms with van der Waals surface area (Å²) in [7, 11) is 3.49. The van der Waals surface area contributed by atoms with Crippen LogP contribution in [0.2, 0.25) is 0 Å². The van der Waals surface area contributed by atoms with Gasteiger partial charge in [0, 0.05) is 26.2 Å². The average molecular weight is 394 g/mol. The third kappa shape index (κ3) is 7.12. The topological polar surface area (TPSA) is 56.7 Å². The molecule has 0 radical (unpaired) electrons. The van der Waals surface area contributed by atoms with E-state index in [0.717, 1.165) is 25.2 Å². The molecule has 0 bridgehead atoms. The Labute approximate surface area is 139 Å². The lowest BCUT2D eigenvalue weighted by Gasteiger charge is -2.21. The molecule has 20 heavy (non-hydrogen) atoms. The van der Waals surface area contributed by atoms with E-state index in [1.54, 1.807) is 19.0 Å². The van der Waals surface area contributed by atoms with Crippen LogP contribution in [0.1, 0.15) is 33.1 Å². The van der Waals surface area contributed by atoms with Crippen LogP contribution in [-0.2, 0) is 4.79 Å².